The average molecular weight is 240 g/mol. The summed E-state index contributed by atoms with van der Waals surface area (Å²) in [6.45, 7) is 4.07. The molecule has 1 aliphatic carbocycles. The van der Waals surface area contributed by atoms with E-state index in [2.05, 4.69) is 15.6 Å². The smallest absolute Gasteiger partial charge is 0.242 e. The highest BCUT2D eigenvalue weighted by molar-refractivity contribution is 5.84. The van der Waals surface area contributed by atoms with E-state index in [4.69, 9.17) is 5.73 Å². The Hall–Kier alpha value is -1.26. The van der Waals surface area contributed by atoms with Crippen LogP contribution in [-0.4, -0.2) is 30.5 Å². The number of nitrogens with zero attached hydrogens (tertiary/aromatic N) is 1. The summed E-state index contributed by atoms with van der Waals surface area (Å²) >= 11 is 0. The minimum Gasteiger partial charge on any atom is -0.370 e. The highest BCUT2D eigenvalue weighted by Gasteiger charge is 2.15. The Labute approximate surface area is 103 Å². The molecule has 4 N–H and O–H groups in total. The summed E-state index contributed by atoms with van der Waals surface area (Å²) in [6, 6.07) is 0.575. The Morgan fingerprint density at radius 3 is 2.59 bits per heavy atom. The Morgan fingerprint density at radius 1 is 1.35 bits per heavy atom. The second kappa shape index (κ2) is 7.14. The molecule has 0 aliphatic heterocycles. The van der Waals surface area contributed by atoms with Gasteiger partial charge in [-0.05, 0) is 26.7 Å². The molecule has 98 valence electrons. The van der Waals surface area contributed by atoms with Gasteiger partial charge in [-0.1, -0.05) is 19.3 Å². The van der Waals surface area contributed by atoms with Crippen LogP contribution in [0.1, 0.15) is 46.0 Å². The lowest BCUT2D eigenvalue weighted by atomic mass is 9.95. The van der Waals surface area contributed by atoms with Crippen molar-refractivity contribution in [2.45, 2.75) is 58.0 Å². The third-order valence-electron chi connectivity index (χ3n) is 2.80. The van der Waals surface area contributed by atoms with Gasteiger partial charge in [0.1, 0.15) is 6.54 Å². The number of nitrogens with two attached hydrogens (primary N) is 1. The van der Waals surface area contributed by atoms with Gasteiger partial charge in [0.25, 0.3) is 0 Å². The predicted octanol–water partition coefficient (Wildman–Crippen LogP) is 0.748. The van der Waals surface area contributed by atoms with E-state index < -0.39 is 0 Å². The molecule has 0 aromatic rings. The number of rotatable bonds is 4. The molecule has 0 bridgehead atoms. The third kappa shape index (κ3) is 6.14. The van der Waals surface area contributed by atoms with Crippen LogP contribution in [0.3, 0.4) is 0 Å². The van der Waals surface area contributed by atoms with Gasteiger partial charge < -0.3 is 16.4 Å². The molecule has 5 heteroatoms. The summed E-state index contributed by atoms with van der Waals surface area (Å²) in [6.07, 6.45) is 5.90. The first kappa shape index (κ1) is 13.8. The molecule has 0 aromatic carbocycles. The van der Waals surface area contributed by atoms with Gasteiger partial charge >= 0.3 is 0 Å². The fraction of sp³-hybridized carbons (Fsp3) is 0.833. The maximum Gasteiger partial charge on any atom is 0.242 e. The van der Waals surface area contributed by atoms with E-state index in [0.717, 1.165) is 12.8 Å². The van der Waals surface area contributed by atoms with Crippen molar-refractivity contribution in [1.29, 1.82) is 0 Å². The summed E-state index contributed by atoms with van der Waals surface area (Å²) in [5.74, 6) is 0.296. The minimum atomic E-state index is -0.0367. The first-order chi connectivity index (χ1) is 8.08. The molecule has 0 unspecified atom stereocenters. The zero-order valence-electron chi connectivity index (χ0n) is 10.8. The van der Waals surface area contributed by atoms with Gasteiger partial charge in [0.05, 0.1) is 0 Å². The van der Waals surface area contributed by atoms with Gasteiger partial charge in [-0.15, -0.1) is 0 Å². The van der Waals surface area contributed by atoms with Crippen molar-refractivity contribution >= 4 is 11.9 Å². The molecular formula is C12H24N4O. The van der Waals surface area contributed by atoms with E-state index in [-0.39, 0.29) is 18.5 Å². The molecule has 17 heavy (non-hydrogen) atoms. The van der Waals surface area contributed by atoms with Crippen molar-refractivity contribution in [2.24, 2.45) is 10.7 Å². The number of nitrogens with one attached hydrogen (secondary N) is 2. The van der Waals surface area contributed by atoms with E-state index in [1.807, 2.05) is 13.8 Å². The number of hydrogen-bond acceptors (Lipinski definition) is 2. The summed E-state index contributed by atoms with van der Waals surface area (Å²) in [5.41, 5.74) is 5.61. The molecular weight excluding hydrogens is 216 g/mol. The van der Waals surface area contributed by atoms with Crippen LogP contribution in [0.25, 0.3) is 0 Å². The summed E-state index contributed by atoms with van der Waals surface area (Å²) in [7, 11) is 0. The molecule has 1 rings (SSSR count). The van der Waals surface area contributed by atoms with E-state index in [1.54, 1.807) is 0 Å². The Bertz CT molecular complexity index is 270. The first-order valence-electron chi connectivity index (χ1n) is 6.43. The van der Waals surface area contributed by atoms with Crippen LogP contribution < -0.4 is 16.4 Å². The number of carbonyl (C=O) groups excluding carboxylic acids is 1. The third-order valence-corrected chi connectivity index (χ3v) is 2.80. The molecule has 1 aliphatic rings. The van der Waals surface area contributed by atoms with Gasteiger partial charge in [0.2, 0.25) is 5.91 Å². The summed E-state index contributed by atoms with van der Waals surface area (Å²) in [5, 5.41) is 5.95. The van der Waals surface area contributed by atoms with Gasteiger partial charge in [-0.3, -0.25) is 4.79 Å². The van der Waals surface area contributed by atoms with Crippen molar-refractivity contribution < 1.29 is 4.79 Å². The van der Waals surface area contributed by atoms with Crippen LogP contribution in [0.4, 0.5) is 0 Å². The molecule has 0 radical (unpaired) electrons. The van der Waals surface area contributed by atoms with E-state index >= 15 is 0 Å². The standard InChI is InChI=1S/C12H24N4O/c1-9(2)15-12(13)14-8-11(17)16-10-6-4-3-5-7-10/h9-10H,3-8H2,1-2H3,(H,16,17)(H3,13,14,15). The van der Waals surface area contributed by atoms with Gasteiger partial charge in [-0.2, -0.15) is 0 Å². The lowest BCUT2D eigenvalue weighted by Crippen LogP contribution is -2.40. The SMILES string of the molecule is CC(C)NC(N)=NCC(=O)NC1CCCCC1. The number of guanidine groups is 1. The quantitative estimate of drug-likeness (QED) is 0.501. The van der Waals surface area contributed by atoms with Crippen molar-refractivity contribution in [3.8, 4) is 0 Å². The topological polar surface area (TPSA) is 79.5 Å². The average Bonchev–Trinajstić information content (AvgIpc) is 2.27. The Balaban J connectivity index is 2.24. The van der Waals surface area contributed by atoms with Gasteiger partial charge in [0, 0.05) is 12.1 Å². The van der Waals surface area contributed by atoms with Crippen molar-refractivity contribution in [1.82, 2.24) is 10.6 Å². The van der Waals surface area contributed by atoms with Gasteiger partial charge in [0.15, 0.2) is 5.96 Å². The van der Waals surface area contributed by atoms with E-state index in [9.17, 15) is 4.79 Å². The molecule has 0 spiro atoms. The molecule has 0 saturated heterocycles. The number of amides is 1. The normalized spacial score (nSPS) is 18.2. The van der Waals surface area contributed by atoms with E-state index in [0.29, 0.717) is 12.0 Å². The largest absolute Gasteiger partial charge is 0.370 e. The second-order valence-corrected chi connectivity index (χ2v) is 4.90. The Morgan fingerprint density at radius 2 is 2.00 bits per heavy atom. The number of aliphatic imine (C=N–C) groups is 1. The van der Waals surface area contributed by atoms with Crippen LogP contribution in [0.5, 0.6) is 0 Å². The molecule has 1 saturated carbocycles. The first-order valence-corrected chi connectivity index (χ1v) is 6.43. The molecule has 0 heterocycles. The highest BCUT2D eigenvalue weighted by atomic mass is 16.1. The molecule has 1 amide bonds. The van der Waals surface area contributed by atoms with Crippen molar-refractivity contribution in [3.63, 3.8) is 0 Å². The predicted molar refractivity (Wildman–Crippen MR) is 69.8 cm³/mol. The molecule has 0 aromatic heterocycles. The number of carbonyl (C=O) groups is 1. The Kier molecular flexibility index (Phi) is 5.80. The van der Waals surface area contributed by atoms with Crippen LogP contribution in [0, 0.1) is 0 Å². The number of hydrogen-bond donors (Lipinski definition) is 3. The fourth-order valence-electron chi connectivity index (χ4n) is 2.02. The zero-order valence-corrected chi connectivity index (χ0v) is 10.8. The summed E-state index contributed by atoms with van der Waals surface area (Å²) < 4.78 is 0. The van der Waals surface area contributed by atoms with Crippen LogP contribution in [0.15, 0.2) is 4.99 Å². The van der Waals surface area contributed by atoms with Crippen LogP contribution in [0.2, 0.25) is 0 Å². The zero-order chi connectivity index (χ0) is 12.7. The molecule has 1 fully saturated rings. The maximum absolute atomic E-state index is 11.6. The van der Waals surface area contributed by atoms with Crippen LogP contribution >= 0.6 is 0 Å². The van der Waals surface area contributed by atoms with Crippen LogP contribution in [-0.2, 0) is 4.79 Å². The van der Waals surface area contributed by atoms with Gasteiger partial charge in [-0.25, -0.2) is 4.99 Å². The lowest BCUT2D eigenvalue weighted by Gasteiger charge is -2.22. The highest BCUT2D eigenvalue weighted by Crippen LogP contribution is 2.17. The second-order valence-electron chi connectivity index (χ2n) is 4.90. The van der Waals surface area contributed by atoms with Crippen molar-refractivity contribution in [3.05, 3.63) is 0 Å². The summed E-state index contributed by atoms with van der Waals surface area (Å²) in [4.78, 5) is 15.6. The monoisotopic (exact) mass is 240 g/mol. The minimum absolute atomic E-state index is 0.0367. The molecule has 5 nitrogen and oxygen atoms in total. The lowest BCUT2D eigenvalue weighted by molar-refractivity contribution is -0.120. The molecule has 0 atom stereocenters. The fourth-order valence-corrected chi connectivity index (χ4v) is 2.02. The maximum atomic E-state index is 11.6. The van der Waals surface area contributed by atoms with Crippen molar-refractivity contribution in [2.75, 3.05) is 6.54 Å². The van der Waals surface area contributed by atoms with E-state index in [1.165, 1.54) is 19.3 Å².